The number of hydrogen-bond donors (Lipinski definition) is 1. The van der Waals surface area contributed by atoms with Gasteiger partial charge in [-0.15, -0.1) is 0 Å². The minimum Gasteiger partial charge on any atom is -0.393 e. The van der Waals surface area contributed by atoms with Crippen LogP contribution in [0.25, 0.3) is 0 Å². The highest BCUT2D eigenvalue weighted by Gasteiger charge is 2.31. The van der Waals surface area contributed by atoms with E-state index in [1.165, 1.54) is 0 Å². The van der Waals surface area contributed by atoms with Crippen LogP contribution in [0.5, 0.6) is 0 Å². The summed E-state index contributed by atoms with van der Waals surface area (Å²) in [5.41, 5.74) is 1.01. The van der Waals surface area contributed by atoms with Crippen LogP contribution in [0.1, 0.15) is 26.7 Å². The molecule has 0 aromatic heterocycles. The third-order valence-electron chi connectivity index (χ3n) is 2.40. The zero-order valence-corrected chi connectivity index (χ0v) is 8.45. The summed E-state index contributed by atoms with van der Waals surface area (Å²) in [6, 6.07) is 0.234. The molecule has 1 aliphatic carbocycles. The lowest BCUT2D eigenvalue weighted by molar-refractivity contribution is -0.130. The van der Waals surface area contributed by atoms with Crippen LogP contribution in [0.2, 0.25) is 0 Å². The number of carbonyl (C=O) groups is 1. The van der Waals surface area contributed by atoms with Gasteiger partial charge in [0.2, 0.25) is 5.91 Å². The van der Waals surface area contributed by atoms with Gasteiger partial charge in [0.15, 0.2) is 0 Å². The molecule has 0 atom stereocenters. The predicted octanol–water partition coefficient (Wildman–Crippen LogP) is 0.934. The molecule has 1 fully saturated rings. The van der Waals surface area contributed by atoms with E-state index in [9.17, 15) is 4.79 Å². The molecule has 13 heavy (non-hydrogen) atoms. The van der Waals surface area contributed by atoms with Gasteiger partial charge in [-0.05, 0) is 26.7 Å². The fraction of sp³-hybridized carbons (Fsp3) is 0.700. The molecular weight excluding hydrogens is 166 g/mol. The lowest BCUT2D eigenvalue weighted by Crippen LogP contribution is -2.47. The van der Waals surface area contributed by atoms with E-state index in [-0.39, 0.29) is 18.1 Å². The van der Waals surface area contributed by atoms with E-state index in [2.05, 4.69) is 0 Å². The summed E-state index contributed by atoms with van der Waals surface area (Å²) >= 11 is 0. The zero-order valence-electron chi connectivity index (χ0n) is 8.45. The van der Waals surface area contributed by atoms with E-state index in [1.54, 1.807) is 18.0 Å². The molecular formula is C10H17NO2. The lowest BCUT2D eigenvalue weighted by Gasteiger charge is -2.38. The maximum absolute atomic E-state index is 11.5. The Bertz CT molecular complexity index is 225. The first-order valence-electron chi connectivity index (χ1n) is 4.60. The molecule has 0 aromatic carbocycles. The largest absolute Gasteiger partial charge is 0.393 e. The molecule has 0 aromatic rings. The molecule has 0 bridgehead atoms. The van der Waals surface area contributed by atoms with Crippen LogP contribution in [-0.2, 0) is 4.79 Å². The van der Waals surface area contributed by atoms with Gasteiger partial charge >= 0.3 is 0 Å². The van der Waals surface area contributed by atoms with Gasteiger partial charge < -0.3 is 10.0 Å². The first-order valence-corrected chi connectivity index (χ1v) is 4.60. The highest BCUT2D eigenvalue weighted by atomic mass is 16.3. The Morgan fingerprint density at radius 3 is 2.38 bits per heavy atom. The fourth-order valence-electron chi connectivity index (χ4n) is 1.40. The van der Waals surface area contributed by atoms with Gasteiger partial charge in [-0.25, -0.2) is 0 Å². The van der Waals surface area contributed by atoms with Gasteiger partial charge in [0.05, 0.1) is 6.10 Å². The monoisotopic (exact) mass is 183 g/mol. The number of aliphatic hydroxyl groups excluding tert-OH is 1. The lowest BCUT2D eigenvalue weighted by atomic mass is 9.88. The van der Waals surface area contributed by atoms with Gasteiger partial charge in [0.25, 0.3) is 0 Å². The van der Waals surface area contributed by atoms with Gasteiger partial charge in [0.1, 0.15) is 0 Å². The molecule has 3 heteroatoms. The molecule has 74 valence electrons. The Labute approximate surface area is 79.0 Å². The van der Waals surface area contributed by atoms with E-state index in [1.807, 2.05) is 13.8 Å². The number of likely N-dealkylation sites (N-methyl/N-ethyl adjacent to an activating group) is 1. The number of allylic oxidation sites excluding steroid dienone is 1. The van der Waals surface area contributed by atoms with Crippen LogP contribution < -0.4 is 0 Å². The highest BCUT2D eigenvalue weighted by molar-refractivity contribution is 5.88. The van der Waals surface area contributed by atoms with E-state index >= 15 is 0 Å². The van der Waals surface area contributed by atoms with E-state index < -0.39 is 0 Å². The van der Waals surface area contributed by atoms with Crippen molar-refractivity contribution in [2.45, 2.75) is 38.8 Å². The SMILES string of the molecule is CC(C)=CC(=O)N(C)C1CC(O)C1. The van der Waals surface area contributed by atoms with Crippen molar-refractivity contribution in [3.8, 4) is 0 Å². The molecule has 0 heterocycles. The molecule has 1 aliphatic rings. The van der Waals surface area contributed by atoms with Crippen LogP contribution >= 0.6 is 0 Å². The van der Waals surface area contributed by atoms with E-state index in [0.717, 1.165) is 18.4 Å². The third kappa shape index (κ3) is 2.56. The quantitative estimate of drug-likeness (QED) is 0.647. The Morgan fingerprint density at radius 1 is 1.46 bits per heavy atom. The average molecular weight is 183 g/mol. The number of aliphatic hydroxyl groups is 1. The minimum absolute atomic E-state index is 0.0388. The van der Waals surface area contributed by atoms with E-state index in [4.69, 9.17) is 5.11 Å². The summed E-state index contributed by atoms with van der Waals surface area (Å²) in [6.07, 6.45) is 2.87. The van der Waals surface area contributed by atoms with Crippen LogP contribution in [-0.4, -0.2) is 35.1 Å². The molecule has 0 aliphatic heterocycles. The molecule has 1 saturated carbocycles. The Morgan fingerprint density at radius 2 is 2.00 bits per heavy atom. The smallest absolute Gasteiger partial charge is 0.246 e. The van der Waals surface area contributed by atoms with Crippen LogP contribution in [0.4, 0.5) is 0 Å². The van der Waals surface area contributed by atoms with Crippen molar-refractivity contribution >= 4 is 5.91 Å². The van der Waals surface area contributed by atoms with Crippen molar-refractivity contribution in [1.29, 1.82) is 0 Å². The number of hydrogen-bond acceptors (Lipinski definition) is 2. The van der Waals surface area contributed by atoms with Crippen molar-refractivity contribution in [2.75, 3.05) is 7.05 Å². The molecule has 0 spiro atoms. The second kappa shape index (κ2) is 3.92. The van der Waals surface area contributed by atoms with Crippen molar-refractivity contribution in [2.24, 2.45) is 0 Å². The molecule has 0 unspecified atom stereocenters. The zero-order chi connectivity index (χ0) is 10.0. The molecule has 1 N–H and O–H groups in total. The molecule has 1 amide bonds. The summed E-state index contributed by atoms with van der Waals surface area (Å²) in [5, 5.41) is 9.08. The summed E-state index contributed by atoms with van der Waals surface area (Å²) in [4.78, 5) is 13.2. The highest BCUT2D eigenvalue weighted by Crippen LogP contribution is 2.24. The summed E-state index contributed by atoms with van der Waals surface area (Å²) in [6.45, 7) is 3.81. The Hall–Kier alpha value is -0.830. The van der Waals surface area contributed by atoms with Crippen LogP contribution in [0.15, 0.2) is 11.6 Å². The normalized spacial score (nSPS) is 26.2. The fourth-order valence-corrected chi connectivity index (χ4v) is 1.40. The topological polar surface area (TPSA) is 40.5 Å². The predicted molar refractivity (Wildman–Crippen MR) is 51.2 cm³/mol. The number of carbonyl (C=O) groups excluding carboxylic acids is 1. The number of rotatable bonds is 2. The van der Waals surface area contributed by atoms with E-state index in [0.29, 0.717) is 0 Å². The number of amides is 1. The van der Waals surface area contributed by atoms with Crippen molar-refractivity contribution in [1.82, 2.24) is 4.90 Å². The first kappa shape index (κ1) is 10.3. The Balaban J connectivity index is 2.44. The van der Waals surface area contributed by atoms with Crippen molar-refractivity contribution < 1.29 is 9.90 Å². The van der Waals surface area contributed by atoms with Crippen molar-refractivity contribution in [3.05, 3.63) is 11.6 Å². The van der Waals surface area contributed by atoms with Crippen LogP contribution in [0, 0.1) is 0 Å². The molecule has 1 rings (SSSR count). The third-order valence-corrected chi connectivity index (χ3v) is 2.40. The number of nitrogens with zero attached hydrogens (tertiary/aromatic N) is 1. The molecule has 0 radical (unpaired) electrons. The second-order valence-corrected chi connectivity index (χ2v) is 3.95. The Kier molecular flexibility index (Phi) is 3.09. The van der Waals surface area contributed by atoms with Crippen molar-refractivity contribution in [3.63, 3.8) is 0 Å². The first-order chi connectivity index (χ1) is 6.00. The maximum Gasteiger partial charge on any atom is 0.246 e. The van der Waals surface area contributed by atoms with Gasteiger partial charge in [-0.3, -0.25) is 4.79 Å². The second-order valence-electron chi connectivity index (χ2n) is 3.95. The standard InChI is InChI=1S/C10H17NO2/c1-7(2)4-10(13)11(3)8-5-9(12)6-8/h4,8-9,12H,5-6H2,1-3H3. The summed E-state index contributed by atoms with van der Waals surface area (Å²) in [7, 11) is 1.79. The van der Waals surface area contributed by atoms with Crippen LogP contribution in [0.3, 0.4) is 0 Å². The maximum atomic E-state index is 11.5. The minimum atomic E-state index is -0.202. The van der Waals surface area contributed by atoms with Gasteiger partial charge in [-0.1, -0.05) is 5.57 Å². The summed E-state index contributed by atoms with van der Waals surface area (Å²) < 4.78 is 0. The van der Waals surface area contributed by atoms with Gasteiger partial charge in [-0.2, -0.15) is 0 Å². The summed E-state index contributed by atoms with van der Waals surface area (Å²) in [5.74, 6) is 0.0388. The van der Waals surface area contributed by atoms with Gasteiger partial charge in [0, 0.05) is 19.2 Å². The average Bonchev–Trinajstić information content (AvgIpc) is 1.96. The molecule has 3 nitrogen and oxygen atoms in total. The molecule has 0 saturated heterocycles.